The minimum Gasteiger partial charge on any atom is -0.339 e. The second kappa shape index (κ2) is 6.01. The molecule has 5 heteroatoms. The van der Waals surface area contributed by atoms with Crippen molar-refractivity contribution in [3.8, 4) is 11.4 Å². The van der Waals surface area contributed by atoms with Crippen LogP contribution in [0.4, 0.5) is 0 Å². The number of hydrogen-bond acceptors (Lipinski definition) is 5. The van der Waals surface area contributed by atoms with Crippen LogP contribution in [0.2, 0.25) is 0 Å². The summed E-state index contributed by atoms with van der Waals surface area (Å²) in [5.74, 6) is 1.49. The number of rotatable bonds is 5. The van der Waals surface area contributed by atoms with Crippen LogP contribution >= 0.6 is 0 Å². The number of hydrogen-bond donors (Lipinski definition) is 1. The summed E-state index contributed by atoms with van der Waals surface area (Å²) in [5, 5.41) is 8.44. The molecule has 5 nitrogen and oxygen atoms in total. The summed E-state index contributed by atoms with van der Waals surface area (Å²) in [6, 6.07) is 9.93. The van der Waals surface area contributed by atoms with Crippen molar-refractivity contribution < 1.29 is 4.52 Å². The molecule has 1 N–H and O–H groups in total. The Morgan fingerprint density at radius 2 is 2.19 bits per heavy atom. The van der Waals surface area contributed by atoms with Gasteiger partial charge in [-0.2, -0.15) is 4.98 Å². The van der Waals surface area contributed by atoms with Crippen LogP contribution in [0.25, 0.3) is 22.3 Å². The SMILES string of the molecule is CCNCC(C)c1nc(-c2ccc3ncccc3c2)no1. The van der Waals surface area contributed by atoms with Gasteiger partial charge in [0, 0.05) is 29.6 Å². The predicted octanol–water partition coefficient (Wildman–Crippen LogP) is 3.00. The zero-order valence-corrected chi connectivity index (χ0v) is 12.2. The van der Waals surface area contributed by atoms with Gasteiger partial charge in [0.2, 0.25) is 11.7 Å². The van der Waals surface area contributed by atoms with Gasteiger partial charge in [-0.05, 0) is 30.8 Å². The normalized spacial score (nSPS) is 12.7. The van der Waals surface area contributed by atoms with E-state index in [1.54, 1.807) is 6.20 Å². The average Bonchev–Trinajstić information content (AvgIpc) is 3.02. The van der Waals surface area contributed by atoms with Crippen LogP contribution < -0.4 is 5.32 Å². The molecule has 0 radical (unpaired) electrons. The third-order valence-corrected chi connectivity index (χ3v) is 3.43. The van der Waals surface area contributed by atoms with Crippen molar-refractivity contribution in [1.82, 2.24) is 20.4 Å². The molecule has 0 aliphatic heterocycles. The summed E-state index contributed by atoms with van der Waals surface area (Å²) < 4.78 is 5.37. The second-order valence-corrected chi connectivity index (χ2v) is 5.08. The van der Waals surface area contributed by atoms with E-state index in [0.717, 1.165) is 29.6 Å². The number of nitrogens with zero attached hydrogens (tertiary/aromatic N) is 3. The number of pyridine rings is 1. The Bertz CT molecular complexity index is 738. The number of benzene rings is 1. The van der Waals surface area contributed by atoms with Crippen molar-refractivity contribution in [1.29, 1.82) is 0 Å². The van der Waals surface area contributed by atoms with E-state index in [1.807, 2.05) is 30.3 Å². The number of nitrogens with one attached hydrogen (secondary N) is 1. The standard InChI is InChI=1S/C16H18N4O/c1-3-17-10-11(2)16-19-15(20-21-16)13-6-7-14-12(9-13)5-4-8-18-14/h4-9,11,17H,3,10H2,1-2H3. The highest BCUT2D eigenvalue weighted by atomic mass is 16.5. The Balaban J connectivity index is 1.87. The fourth-order valence-corrected chi connectivity index (χ4v) is 2.22. The molecule has 0 saturated carbocycles. The summed E-state index contributed by atoms with van der Waals surface area (Å²) in [6.45, 7) is 5.92. The van der Waals surface area contributed by atoms with E-state index in [1.165, 1.54) is 0 Å². The highest BCUT2D eigenvalue weighted by Gasteiger charge is 2.15. The molecule has 1 aromatic carbocycles. The van der Waals surface area contributed by atoms with Crippen molar-refractivity contribution in [3.05, 3.63) is 42.4 Å². The Morgan fingerprint density at radius 3 is 3.05 bits per heavy atom. The zero-order valence-electron chi connectivity index (χ0n) is 12.2. The van der Waals surface area contributed by atoms with Crippen LogP contribution in [0.15, 0.2) is 41.1 Å². The minimum atomic E-state index is 0.202. The molecule has 2 aromatic heterocycles. The van der Waals surface area contributed by atoms with Crippen molar-refractivity contribution in [3.63, 3.8) is 0 Å². The van der Waals surface area contributed by atoms with Crippen molar-refractivity contribution in [2.45, 2.75) is 19.8 Å². The Kier molecular flexibility index (Phi) is 3.92. The van der Waals surface area contributed by atoms with E-state index >= 15 is 0 Å². The molecule has 1 unspecified atom stereocenters. The highest BCUT2D eigenvalue weighted by Crippen LogP contribution is 2.22. The van der Waals surface area contributed by atoms with E-state index in [2.05, 4.69) is 34.3 Å². The van der Waals surface area contributed by atoms with Crippen LogP contribution in [0.1, 0.15) is 25.7 Å². The third-order valence-electron chi connectivity index (χ3n) is 3.43. The van der Waals surface area contributed by atoms with Gasteiger partial charge < -0.3 is 9.84 Å². The number of fused-ring (bicyclic) bond motifs is 1. The van der Waals surface area contributed by atoms with E-state index in [9.17, 15) is 0 Å². The average molecular weight is 282 g/mol. The first kappa shape index (κ1) is 13.7. The summed E-state index contributed by atoms with van der Waals surface area (Å²) in [6.07, 6.45) is 1.79. The smallest absolute Gasteiger partial charge is 0.231 e. The highest BCUT2D eigenvalue weighted by molar-refractivity contribution is 5.82. The Hall–Kier alpha value is -2.27. The van der Waals surface area contributed by atoms with Gasteiger partial charge >= 0.3 is 0 Å². The van der Waals surface area contributed by atoms with E-state index in [-0.39, 0.29) is 5.92 Å². The van der Waals surface area contributed by atoms with Gasteiger partial charge in [0.25, 0.3) is 0 Å². The molecule has 1 atom stereocenters. The van der Waals surface area contributed by atoms with Gasteiger partial charge in [0.15, 0.2) is 0 Å². The van der Waals surface area contributed by atoms with E-state index in [4.69, 9.17) is 4.52 Å². The first-order chi connectivity index (χ1) is 10.3. The van der Waals surface area contributed by atoms with E-state index < -0.39 is 0 Å². The molecule has 0 saturated heterocycles. The molecule has 0 fully saturated rings. The lowest BCUT2D eigenvalue weighted by Gasteiger charge is -2.05. The van der Waals surface area contributed by atoms with E-state index in [0.29, 0.717) is 11.7 Å². The van der Waals surface area contributed by atoms with Gasteiger partial charge in [-0.3, -0.25) is 4.98 Å². The largest absolute Gasteiger partial charge is 0.339 e. The Labute approximate surface area is 123 Å². The monoisotopic (exact) mass is 282 g/mol. The molecule has 2 heterocycles. The van der Waals surface area contributed by atoms with Crippen molar-refractivity contribution in [2.24, 2.45) is 0 Å². The summed E-state index contributed by atoms with van der Waals surface area (Å²) in [7, 11) is 0. The third kappa shape index (κ3) is 2.92. The zero-order chi connectivity index (χ0) is 14.7. The Morgan fingerprint density at radius 1 is 1.29 bits per heavy atom. The maximum Gasteiger partial charge on any atom is 0.231 e. The van der Waals surface area contributed by atoms with Crippen LogP contribution in [-0.4, -0.2) is 28.2 Å². The van der Waals surface area contributed by atoms with Gasteiger partial charge in [0.05, 0.1) is 5.52 Å². The number of aromatic nitrogens is 3. The van der Waals surface area contributed by atoms with Gasteiger partial charge in [0.1, 0.15) is 0 Å². The fourth-order valence-electron chi connectivity index (χ4n) is 2.22. The molecular formula is C16H18N4O. The molecule has 21 heavy (non-hydrogen) atoms. The maximum absolute atomic E-state index is 5.37. The van der Waals surface area contributed by atoms with Crippen molar-refractivity contribution >= 4 is 10.9 Å². The fraction of sp³-hybridized carbons (Fsp3) is 0.312. The lowest BCUT2D eigenvalue weighted by molar-refractivity contribution is 0.355. The summed E-state index contributed by atoms with van der Waals surface area (Å²) in [4.78, 5) is 8.81. The lowest BCUT2D eigenvalue weighted by Crippen LogP contribution is -2.19. The van der Waals surface area contributed by atoms with Gasteiger partial charge in [-0.15, -0.1) is 0 Å². The van der Waals surface area contributed by atoms with Crippen LogP contribution in [0, 0.1) is 0 Å². The molecule has 108 valence electrons. The summed E-state index contributed by atoms with van der Waals surface area (Å²) in [5.41, 5.74) is 1.91. The molecule has 3 rings (SSSR count). The first-order valence-corrected chi connectivity index (χ1v) is 7.17. The van der Waals surface area contributed by atoms with Gasteiger partial charge in [-0.25, -0.2) is 0 Å². The molecule has 0 spiro atoms. The maximum atomic E-state index is 5.37. The van der Waals surface area contributed by atoms with Crippen LogP contribution in [-0.2, 0) is 0 Å². The van der Waals surface area contributed by atoms with Crippen LogP contribution in [0.5, 0.6) is 0 Å². The quantitative estimate of drug-likeness (QED) is 0.779. The molecular weight excluding hydrogens is 264 g/mol. The van der Waals surface area contributed by atoms with Gasteiger partial charge in [-0.1, -0.05) is 25.1 Å². The first-order valence-electron chi connectivity index (χ1n) is 7.17. The summed E-state index contributed by atoms with van der Waals surface area (Å²) >= 11 is 0. The molecule has 0 amide bonds. The minimum absolute atomic E-state index is 0.202. The van der Waals surface area contributed by atoms with Crippen LogP contribution in [0.3, 0.4) is 0 Å². The molecule has 0 aliphatic carbocycles. The second-order valence-electron chi connectivity index (χ2n) is 5.08. The number of likely N-dealkylation sites (N-methyl/N-ethyl adjacent to an activating group) is 1. The molecule has 0 bridgehead atoms. The predicted molar refractivity (Wildman–Crippen MR) is 82.0 cm³/mol. The van der Waals surface area contributed by atoms with Crippen molar-refractivity contribution in [2.75, 3.05) is 13.1 Å². The molecule has 0 aliphatic rings. The lowest BCUT2D eigenvalue weighted by atomic mass is 10.1. The molecule has 3 aromatic rings. The topological polar surface area (TPSA) is 63.8 Å².